The molecule has 0 saturated heterocycles. The number of aryl methyl sites for hydroxylation is 2. The van der Waals surface area contributed by atoms with Crippen LogP contribution in [-0.2, 0) is 12.8 Å². The molecule has 2 heterocycles. The van der Waals surface area contributed by atoms with Crippen LogP contribution in [0.3, 0.4) is 0 Å². The highest BCUT2D eigenvalue weighted by molar-refractivity contribution is 7.15. The molecule has 4 aromatic rings. The molecule has 0 spiro atoms. The zero-order chi connectivity index (χ0) is 21.4. The number of aromatic nitrogens is 2. The normalized spacial score (nSPS) is 12.6. The number of halogens is 2. The van der Waals surface area contributed by atoms with Crippen LogP contribution in [-0.4, -0.2) is 15.9 Å². The van der Waals surface area contributed by atoms with Gasteiger partial charge in [0, 0.05) is 34.1 Å². The van der Waals surface area contributed by atoms with E-state index in [1.54, 1.807) is 29.8 Å². The minimum atomic E-state index is -0.887. The second kappa shape index (κ2) is 8.00. The molecule has 0 bridgehead atoms. The summed E-state index contributed by atoms with van der Waals surface area (Å²) in [5.74, 6) is -2.58. The first-order valence-corrected chi connectivity index (χ1v) is 10.7. The molecule has 2 aromatic carbocycles. The molecule has 1 aliphatic carbocycles. The molecule has 154 valence electrons. The third-order valence-electron chi connectivity index (χ3n) is 5.26. The van der Waals surface area contributed by atoms with Gasteiger partial charge in [-0.3, -0.25) is 9.78 Å². The van der Waals surface area contributed by atoms with Crippen molar-refractivity contribution in [2.24, 2.45) is 0 Å². The first kappa shape index (κ1) is 19.5. The van der Waals surface area contributed by atoms with Gasteiger partial charge in [-0.2, -0.15) is 0 Å². The van der Waals surface area contributed by atoms with E-state index in [9.17, 15) is 13.6 Å². The lowest BCUT2D eigenvalue weighted by Crippen LogP contribution is -2.16. The summed E-state index contributed by atoms with van der Waals surface area (Å²) in [5, 5.41) is 3.55. The Kier molecular flexibility index (Phi) is 5.03. The van der Waals surface area contributed by atoms with E-state index >= 15 is 0 Å². The van der Waals surface area contributed by atoms with Crippen molar-refractivity contribution < 1.29 is 13.6 Å². The van der Waals surface area contributed by atoms with Gasteiger partial charge >= 0.3 is 0 Å². The zero-order valence-electron chi connectivity index (χ0n) is 16.4. The average Bonchev–Trinajstić information content (AvgIpc) is 3.11. The summed E-state index contributed by atoms with van der Waals surface area (Å²) in [6.07, 6.45) is 6.25. The van der Waals surface area contributed by atoms with E-state index < -0.39 is 23.1 Å². The van der Waals surface area contributed by atoms with Crippen molar-refractivity contribution in [1.29, 1.82) is 0 Å². The van der Waals surface area contributed by atoms with Crippen LogP contribution in [0.1, 0.15) is 27.2 Å². The second-order valence-electron chi connectivity index (χ2n) is 7.31. The predicted octanol–water partition coefficient (Wildman–Crippen LogP) is 5.89. The van der Waals surface area contributed by atoms with Crippen LogP contribution in [0.15, 0.2) is 60.9 Å². The molecule has 0 fully saturated rings. The number of carbonyl (C=O) groups excluding carboxylic acids is 1. The molecule has 31 heavy (non-hydrogen) atoms. The van der Waals surface area contributed by atoms with Gasteiger partial charge in [-0.25, -0.2) is 13.8 Å². The standard InChI is InChI=1S/C24H17F2N3OS/c25-18-6-2-7-19(26)21(18)23(30)28-16-9-10-17-14(12-16)4-1-8-20-22(17)29-24(31-20)15-5-3-11-27-13-15/h2-3,5-7,9-13H,1,4,8H2,(H,28,30). The Morgan fingerprint density at radius 2 is 1.87 bits per heavy atom. The summed E-state index contributed by atoms with van der Waals surface area (Å²) < 4.78 is 27.9. The largest absolute Gasteiger partial charge is 0.322 e. The first-order valence-electron chi connectivity index (χ1n) is 9.89. The maximum atomic E-state index is 13.9. The molecule has 0 saturated carbocycles. The molecule has 0 aliphatic heterocycles. The third-order valence-corrected chi connectivity index (χ3v) is 6.43. The number of carbonyl (C=O) groups is 1. The molecule has 0 atom stereocenters. The monoisotopic (exact) mass is 433 g/mol. The predicted molar refractivity (Wildman–Crippen MR) is 117 cm³/mol. The lowest BCUT2D eigenvalue weighted by Gasteiger charge is -2.11. The van der Waals surface area contributed by atoms with Crippen LogP contribution in [0.25, 0.3) is 21.8 Å². The van der Waals surface area contributed by atoms with Gasteiger partial charge in [0.2, 0.25) is 0 Å². The highest BCUT2D eigenvalue weighted by atomic mass is 32.1. The minimum absolute atomic E-state index is 0.498. The summed E-state index contributed by atoms with van der Waals surface area (Å²) >= 11 is 1.68. The van der Waals surface area contributed by atoms with Crippen LogP contribution in [0.5, 0.6) is 0 Å². The van der Waals surface area contributed by atoms with Crippen LogP contribution >= 0.6 is 11.3 Å². The number of pyridine rings is 1. The molecule has 2 aromatic heterocycles. The van der Waals surface area contributed by atoms with Gasteiger partial charge in [0.15, 0.2) is 0 Å². The number of nitrogens with zero attached hydrogens (tertiary/aromatic N) is 2. The zero-order valence-corrected chi connectivity index (χ0v) is 17.2. The molecule has 4 nitrogen and oxygen atoms in total. The van der Waals surface area contributed by atoms with Gasteiger partial charge < -0.3 is 5.32 Å². The molecular formula is C24H17F2N3OS. The fourth-order valence-electron chi connectivity index (χ4n) is 3.80. The Labute approximate surface area is 181 Å². The summed E-state index contributed by atoms with van der Waals surface area (Å²) in [6.45, 7) is 0. The van der Waals surface area contributed by atoms with Crippen LogP contribution in [0.2, 0.25) is 0 Å². The fourth-order valence-corrected chi connectivity index (χ4v) is 4.91. The number of thiazole rings is 1. The van der Waals surface area contributed by atoms with E-state index in [1.807, 2.05) is 24.3 Å². The van der Waals surface area contributed by atoms with Crippen molar-refractivity contribution in [3.05, 3.63) is 88.6 Å². The molecular weight excluding hydrogens is 416 g/mol. The van der Waals surface area contributed by atoms with Gasteiger partial charge in [-0.05, 0) is 61.2 Å². The third kappa shape index (κ3) is 3.72. The minimum Gasteiger partial charge on any atom is -0.322 e. The van der Waals surface area contributed by atoms with Gasteiger partial charge in [0.05, 0.1) is 5.69 Å². The number of hydrogen-bond acceptors (Lipinski definition) is 4. The maximum absolute atomic E-state index is 13.9. The lowest BCUT2D eigenvalue weighted by molar-refractivity contribution is 0.101. The molecule has 0 unspecified atom stereocenters. The number of rotatable bonds is 3. The maximum Gasteiger partial charge on any atom is 0.261 e. The van der Waals surface area contributed by atoms with Crippen molar-refractivity contribution in [1.82, 2.24) is 9.97 Å². The Balaban J connectivity index is 1.47. The van der Waals surface area contributed by atoms with Crippen molar-refractivity contribution in [2.75, 3.05) is 5.32 Å². The van der Waals surface area contributed by atoms with E-state index in [1.165, 1.54) is 10.9 Å². The second-order valence-corrected chi connectivity index (χ2v) is 8.39. The van der Waals surface area contributed by atoms with Crippen molar-refractivity contribution in [3.8, 4) is 21.8 Å². The summed E-state index contributed by atoms with van der Waals surface area (Å²) in [4.78, 5) is 22.7. The first-order chi connectivity index (χ1) is 15.1. The Morgan fingerprint density at radius 1 is 1.03 bits per heavy atom. The molecule has 5 rings (SSSR count). The van der Waals surface area contributed by atoms with Gasteiger partial charge in [-0.1, -0.05) is 12.1 Å². The number of amides is 1. The molecule has 1 amide bonds. The number of hydrogen-bond donors (Lipinski definition) is 1. The SMILES string of the molecule is O=C(Nc1ccc2c(c1)CCCc1sc(-c3cccnc3)nc1-2)c1c(F)cccc1F. The Bertz CT molecular complexity index is 1270. The number of benzene rings is 2. The van der Waals surface area contributed by atoms with E-state index in [-0.39, 0.29) is 0 Å². The molecule has 0 radical (unpaired) electrons. The van der Waals surface area contributed by atoms with Crippen LogP contribution in [0, 0.1) is 11.6 Å². The summed E-state index contributed by atoms with van der Waals surface area (Å²) in [6, 6.07) is 12.8. The van der Waals surface area contributed by atoms with Crippen molar-refractivity contribution in [2.45, 2.75) is 19.3 Å². The lowest BCUT2D eigenvalue weighted by atomic mass is 10.0. The van der Waals surface area contributed by atoms with E-state index in [0.717, 1.165) is 58.8 Å². The van der Waals surface area contributed by atoms with Gasteiger partial charge in [0.25, 0.3) is 5.91 Å². The van der Waals surface area contributed by atoms with Gasteiger partial charge in [0.1, 0.15) is 22.2 Å². The van der Waals surface area contributed by atoms with Crippen LogP contribution < -0.4 is 5.32 Å². The van der Waals surface area contributed by atoms with Gasteiger partial charge in [-0.15, -0.1) is 11.3 Å². The Hall–Kier alpha value is -3.45. The number of nitrogens with one attached hydrogen (secondary N) is 1. The van der Waals surface area contributed by atoms with Crippen molar-refractivity contribution >= 4 is 22.9 Å². The average molecular weight is 433 g/mol. The fraction of sp³-hybridized carbons (Fsp3) is 0.125. The van der Waals surface area contributed by atoms with E-state index in [2.05, 4.69) is 10.3 Å². The number of anilines is 1. The van der Waals surface area contributed by atoms with Crippen molar-refractivity contribution in [3.63, 3.8) is 0 Å². The highest BCUT2D eigenvalue weighted by Gasteiger charge is 2.22. The summed E-state index contributed by atoms with van der Waals surface area (Å²) in [7, 11) is 0. The van der Waals surface area contributed by atoms with E-state index in [0.29, 0.717) is 5.69 Å². The molecule has 1 aliphatic rings. The molecule has 1 N–H and O–H groups in total. The highest BCUT2D eigenvalue weighted by Crippen LogP contribution is 2.39. The Morgan fingerprint density at radius 3 is 2.65 bits per heavy atom. The van der Waals surface area contributed by atoms with E-state index in [4.69, 9.17) is 4.98 Å². The number of fused-ring (bicyclic) bond motifs is 3. The molecule has 7 heteroatoms. The van der Waals surface area contributed by atoms with Crippen LogP contribution in [0.4, 0.5) is 14.5 Å². The quantitative estimate of drug-likeness (QED) is 0.438. The summed E-state index contributed by atoms with van der Waals surface area (Å²) in [5.41, 5.74) is 3.92. The topological polar surface area (TPSA) is 54.9 Å². The smallest absolute Gasteiger partial charge is 0.261 e.